The monoisotopic (exact) mass is 327 g/mol. The molecule has 7 heteroatoms. The van der Waals surface area contributed by atoms with Crippen LogP contribution in [0.25, 0.3) is 6.08 Å². The summed E-state index contributed by atoms with van der Waals surface area (Å²) in [6.07, 6.45) is 4.70. The Morgan fingerprint density at radius 2 is 2.05 bits per heavy atom. The third kappa shape index (κ3) is 5.57. The van der Waals surface area contributed by atoms with E-state index < -0.39 is 15.9 Å². The maximum absolute atomic E-state index is 12.7. The molecule has 120 valence electrons. The predicted octanol–water partition coefficient (Wildman–Crippen LogP) is 1.85. The van der Waals surface area contributed by atoms with Crippen molar-refractivity contribution in [3.05, 3.63) is 41.7 Å². The van der Waals surface area contributed by atoms with E-state index in [1.165, 1.54) is 30.3 Å². The molecule has 1 fully saturated rings. The first-order valence-electron chi connectivity index (χ1n) is 7.04. The first-order valence-corrected chi connectivity index (χ1v) is 8.69. The van der Waals surface area contributed by atoms with Gasteiger partial charge in [0.1, 0.15) is 5.82 Å². The highest BCUT2D eigenvalue weighted by Gasteiger charge is 2.22. The molecule has 1 aliphatic heterocycles. The van der Waals surface area contributed by atoms with Crippen LogP contribution < -0.4 is 4.72 Å². The zero-order valence-electron chi connectivity index (χ0n) is 12.0. The van der Waals surface area contributed by atoms with E-state index in [1.54, 1.807) is 0 Å². The smallest absolute Gasteiger partial charge is 0.257 e. The van der Waals surface area contributed by atoms with Crippen molar-refractivity contribution in [1.82, 2.24) is 4.72 Å². The molecule has 0 unspecified atom stereocenters. The lowest BCUT2D eigenvalue weighted by Crippen LogP contribution is -2.37. The number of carbonyl (C=O) groups excluding carboxylic acids is 1. The van der Waals surface area contributed by atoms with Crippen molar-refractivity contribution < 1.29 is 22.3 Å². The van der Waals surface area contributed by atoms with Crippen molar-refractivity contribution in [1.29, 1.82) is 0 Å². The number of carbonyl (C=O) groups is 1. The van der Waals surface area contributed by atoms with E-state index >= 15 is 0 Å². The number of benzene rings is 1. The van der Waals surface area contributed by atoms with Gasteiger partial charge in [0.25, 0.3) is 5.91 Å². The van der Waals surface area contributed by atoms with Crippen LogP contribution in [0.4, 0.5) is 4.39 Å². The Hall–Kier alpha value is -1.73. The summed E-state index contributed by atoms with van der Waals surface area (Å²) in [5.41, 5.74) is 0.601. The summed E-state index contributed by atoms with van der Waals surface area (Å²) in [5, 5.41) is 0. The number of sulfonamides is 1. The van der Waals surface area contributed by atoms with Crippen molar-refractivity contribution in [2.24, 2.45) is 0 Å². The number of hydrogen-bond acceptors (Lipinski definition) is 4. The van der Waals surface area contributed by atoms with Gasteiger partial charge in [-0.1, -0.05) is 12.1 Å². The van der Waals surface area contributed by atoms with Crippen molar-refractivity contribution in [3.63, 3.8) is 0 Å². The number of halogens is 1. The van der Waals surface area contributed by atoms with Crippen LogP contribution >= 0.6 is 0 Å². The molecular weight excluding hydrogens is 309 g/mol. The molecule has 0 aromatic heterocycles. The van der Waals surface area contributed by atoms with Gasteiger partial charge in [-0.2, -0.15) is 0 Å². The lowest BCUT2D eigenvalue weighted by molar-refractivity contribution is -0.114. The molecule has 1 amide bonds. The van der Waals surface area contributed by atoms with Crippen LogP contribution in [0, 0.1) is 5.82 Å². The second-order valence-electron chi connectivity index (χ2n) is 5.12. The molecule has 0 radical (unpaired) electrons. The predicted molar refractivity (Wildman–Crippen MR) is 81.0 cm³/mol. The summed E-state index contributed by atoms with van der Waals surface area (Å²) in [4.78, 5) is 11.6. The maximum Gasteiger partial charge on any atom is 0.257 e. The fourth-order valence-electron chi connectivity index (χ4n) is 2.16. The molecule has 1 atom stereocenters. The summed E-state index contributed by atoms with van der Waals surface area (Å²) in [6.45, 7) is 0.554. The van der Waals surface area contributed by atoms with Gasteiger partial charge in [0.15, 0.2) is 0 Å². The van der Waals surface area contributed by atoms with Crippen molar-refractivity contribution in [2.45, 2.75) is 25.4 Å². The van der Waals surface area contributed by atoms with Gasteiger partial charge in [-0.25, -0.2) is 17.5 Å². The Labute approximate surface area is 129 Å². The molecular formula is C15H18FNO4S. The Bertz CT molecular complexity index is 634. The van der Waals surface area contributed by atoms with E-state index in [0.29, 0.717) is 18.6 Å². The van der Waals surface area contributed by atoms with Crippen LogP contribution in [0.5, 0.6) is 0 Å². The summed E-state index contributed by atoms with van der Waals surface area (Å²) >= 11 is 0. The third-order valence-electron chi connectivity index (χ3n) is 3.23. The van der Waals surface area contributed by atoms with E-state index in [9.17, 15) is 17.6 Å². The molecule has 0 spiro atoms. The topological polar surface area (TPSA) is 72.5 Å². The Kier molecular flexibility index (Phi) is 5.68. The minimum atomic E-state index is -3.73. The van der Waals surface area contributed by atoms with Crippen LogP contribution in [-0.2, 0) is 19.6 Å². The zero-order chi connectivity index (χ0) is 16.0. The minimum Gasteiger partial charge on any atom is -0.377 e. The van der Waals surface area contributed by atoms with E-state index in [4.69, 9.17) is 4.74 Å². The van der Waals surface area contributed by atoms with Gasteiger partial charge in [0.05, 0.1) is 11.9 Å². The third-order valence-corrected chi connectivity index (χ3v) is 4.56. The lowest BCUT2D eigenvalue weighted by atomic mass is 10.1. The van der Waals surface area contributed by atoms with Crippen molar-refractivity contribution >= 4 is 22.0 Å². The normalized spacial score (nSPS) is 19.2. The van der Waals surface area contributed by atoms with Gasteiger partial charge < -0.3 is 4.74 Å². The highest BCUT2D eigenvalue weighted by molar-refractivity contribution is 7.90. The number of hydrogen-bond donors (Lipinski definition) is 1. The highest BCUT2D eigenvalue weighted by atomic mass is 32.2. The van der Waals surface area contributed by atoms with Crippen LogP contribution in [0.3, 0.4) is 0 Å². The van der Waals surface area contributed by atoms with Gasteiger partial charge >= 0.3 is 0 Å². The van der Waals surface area contributed by atoms with E-state index in [-0.39, 0.29) is 17.7 Å². The summed E-state index contributed by atoms with van der Waals surface area (Å²) in [6, 6.07) is 5.50. The Balaban J connectivity index is 1.88. The molecule has 1 N–H and O–H groups in total. The molecule has 1 aliphatic rings. The van der Waals surface area contributed by atoms with Gasteiger partial charge in [0, 0.05) is 12.7 Å². The van der Waals surface area contributed by atoms with Gasteiger partial charge in [0.2, 0.25) is 10.0 Å². The molecule has 5 nitrogen and oxygen atoms in total. The van der Waals surface area contributed by atoms with Gasteiger partial charge in [-0.3, -0.25) is 4.79 Å². The second kappa shape index (κ2) is 7.51. The van der Waals surface area contributed by atoms with Crippen LogP contribution in [-0.4, -0.2) is 32.8 Å². The zero-order valence-corrected chi connectivity index (χ0v) is 12.8. The second-order valence-corrected chi connectivity index (χ2v) is 6.89. The van der Waals surface area contributed by atoms with Crippen molar-refractivity contribution in [3.8, 4) is 0 Å². The largest absolute Gasteiger partial charge is 0.377 e. The number of ether oxygens (including phenoxy) is 1. The average Bonchev–Trinajstić information content (AvgIpc) is 2.46. The molecule has 1 heterocycles. The van der Waals surface area contributed by atoms with Crippen LogP contribution in [0.1, 0.15) is 24.8 Å². The van der Waals surface area contributed by atoms with Crippen LogP contribution in [0.15, 0.2) is 30.3 Å². The number of rotatable bonds is 5. The lowest BCUT2D eigenvalue weighted by Gasteiger charge is -2.22. The average molecular weight is 327 g/mol. The highest BCUT2D eigenvalue weighted by Crippen LogP contribution is 2.14. The van der Waals surface area contributed by atoms with Gasteiger partial charge in [-0.05, 0) is 43.0 Å². The quantitative estimate of drug-likeness (QED) is 0.838. The molecule has 2 rings (SSSR count). The SMILES string of the molecule is O=C(/C=C\c1ccc(F)cc1)NS(=O)(=O)C[C@@H]1CCCCO1. The fourth-order valence-corrected chi connectivity index (χ4v) is 3.37. The summed E-state index contributed by atoms with van der Waals surface area (Å²) in [7, 11) is -3.73. The first kappa shape index (κ1) is 16.6. The fraction of sp³-hybridized carbons (Fsp3) is 0.400. The first-order chi connectivity index (χ1) is 10.4. The van der Waals surface area contributed by atoms with Gasteiger partial charge in [-0.15, -0.1) is 0 Å². The Morgan fingerprint density at radius 3 is 2.68 bits per heavy atom. The molecule has 1 saturated heterocycles. The molecule has 0 saturated carbocycles. The van der Waals surface area contributed by atoms with E-state index in [0.717, 1.165) is 18.9 Å². The molecule has 1 aromatic carbocycles. The molecule has 22 heavy (non-hydrogen) atoms. The number of amides is 1. The molecule has 0 aliphatic carbocycles. The molecule has 1 aromatic rings. The summed E-state index contributed by atoms with van der Waals surface area (Å²) in [5.74, 6) is -1.33. The molecule has 0 bridgehead atoms. The minimum absolute atomic E-state index is 0.219. The van der Waals surface area contributed by atoms with E-state index in [2.05, 4.69) is 0 Å². The van der Waals surface area contributed by atoms with Crippen LogP contribution in [0.2, 0.25) is 0 Å². The van der Waals surface area contributed by atoms with E-state index in [1.807, 2.05) is 4.72 Å². The Morgan fingerprint density at radius 1 is 1.32 bits per heavy atom. The maximum atomic E-state index is 12.7. The summed E-state index contributed by atoms with van der Waals surface area (Å²) < 4.78 is 43.8. The number of nitrogens with one attached hydrogen (secondary N) is 1. The standard InChI is InChI=1S/C15H18FNO4S/c16-13-7-4-12(5-8-13)6-9-15(18)17-22(19,20)11-14-3-1-2-10-21-14/h4-9,14H,1-3,10-11H2,(H,17,18)/b9-6-/t14-/m0/s1. The van der Waals surface area contributed by atoms with Crippen molar-refractivity contribution in [2.75, 3.05) is 12.4 Å².